The van der Waals surface area contributed by atoms with Crippen LogP contribution in [0.25, 0.3) is 150 Å². The molecule has 0 fully saturated rings. The van der Waals surface area contributed by atoms with Crippen molar-refractivity contribution in [2.75, 3.05) is 0 Å². The molecule has 0 saturated carbocycles. The van der Waals surface area contributed by atoms with E-state index in [1.54, 1.807) is 0 Å². The Labute approximate surface area is 612 Å². The second-order valence-electron chi connectivity index (χ2n) is 30.9. The van der Waals surface area contributed by atoms with Crippen molar-refractivity contribution in [1.82, 2.24) is 39.5 Å². The molecule has 504 valence electrons. The topological polar surface area (TPSA) is 95.2 Å². The van der Waals surface area contributed by atoms with Gasteiger partial charge in [-0.2, -0.15) is 0 Å². The molecule has 0 bridgehead atoms. The van der Waals surface area contributed by atoms with Crippen LogP contribution in [-0.2, 0) is 28.1 Å². The second kappa shape index (κ2) is 25.1. The average Bonchev–Trinajstić information content (AvgIpc) is 1.04. The minimum atomic E-state index is -0.214. The molecule has 104 heavy (non-hydrogen) atoms. The lowest BCUT2D eigenvalue weighted by molar-refractivity contribution is 0.310. The van der Waals surface area contributed by atoms with Crippen LogP contribution in [0.1, 0.15) is 101 Å². The van der Waals surface area contributed by atoms with Gasteiger partial charge in [-0.25, -0.2) is 34.9 Å². The van der Waals surface area contributed by atoms with E-state index in [2.05, 4.69) is 321 Å². The first kappa shape index (κ1) is 64.4. The Hall–Kier alpha value is -11.7. The standard InChI is InChI=1S/C95H78N8S/c1-59-50-80-79(56-76(59)68-52-67(72-37-25-38-74-73-35-23-24-39-83(73)104-84(72)74)53-69(54-68)88-98-85(64-30-17-11-18-31-64)97-86(99-88)65-43-41-62(42-44-65)61-26-13-9-14-27-61)92(2,3)48-49-95(80,8)57-60-40-47-82-81(51-60)96-91(103(82)70-32-19-12-20-33-70)90-101-87(66-45-46-77-78(55-66)94(6,7)58-93(77,4)5)100-89(102-90)75-36-22-21-34-71(75)63-28-15-10-16-29-63/h9-47,50-56H,48-49,57-58H2,1-8H3. The summed E-state index contributed by atoms with van der Waals surface area (Å²) in [6.45, 7) is 19.1. The number of rotatable bonds is 13. The normalized spacial score (nSPS) is 15.7. The molecule has 4 heterocycles. The summed E-state index contributed by atoms with van der Waals surface area (Å²) < 4.78 is 4.76. The molecule has 9 heteroatoms. The molecule has 12 aromatic carbocycles. The smallest absolute Gasteiger partial charge is 0.200 e. The molecule has 2 aliphatic rings. The molecule has 8 nitrogen and oxygen atoms in total. The van der Waals surface area contributed by atoms with E-state index < -0.39 is 0 Å². The monoisotopic (exact) mass is 1360 g/mol. The van der Waals surface area contributed by atoms with Crippen LogP contribution in [0, 0.1) is 6.92 Å². The maximum Gasteiger partial charge on any atom is 0.200 e. The van der Waals surface area contributed by atoms with Crippen molar-refractivity contribution in [1.29, 1.82) is 0 Å². The zero-order valence-electron chi connectivity index (χ0n) is 59.9. The molecule has 16 aromatic rings. The number of thiophene rings is 1. The van der Waals surface area contributed by atoms with Gasteiger partial charge in [0.1, 0.15) is 0 Å². The molecule has 0 amide bonds. The maximum atomic E-state index is 5.65. The summed E-state index contributed by atoms with van der Waals surface area (Å²) in [7, 11) is 0. The van der Waals surface area contributed by atoms with E-state index >= 15 is 0 Å². The average molecular weight is 1360 g/mol. The predicted molar refractivity (Wildman–Crippen MR) is 430 cm³/mol. The fourth-order valence-corrected chi connectivity index (χ4v) is 18.3. The molecular formula is C95H78N8S. The number of para-hydroxylation sites is 1. The van der Waals surface area contributed by atoms with Crippen LogP contribution in [0.5, 0.6) is 0 Å². The molecule has 0 radical (unpaired) electrons. The number of hydrogen-bond acceptors (Lipinski definition) is 8. The van der Waals surface area contributed by atoms with Crippen LogP contribution in [0.3, 0.4) is 0 Å². The van der Waals surface area contributed by atoms with Gasteiger partial charge in [-0.3, -0.25) is 4.57 Å². The van der Waals surface area contributed by atoms with E-state index in [1.807, 2.05) is 29.5 Å². The molecule has 18 rings (SSSR count). The largest absolute Gasteiger partial charge is 0.290 e. The highest BCUT2D eigenvalue weighted by Gasteiger charge is 2.43. The summed E-state index contributed by atoms with van der Waals surface area (Å²) in [5.74, 6) is 4.22. The van der Waals surface area contributed by atoms with Gasteiger partial charge in [-0.1, -0.05) is 273 Å². The number of benzene rings is 12. The number of imidazole rings is 1. The van der Waals surface area contributed by atoms with Crippen molar-refractivity contribution < 1.29 is 0 Å². The molecule has 0 spiro atoms. The Morgan fingerprint density at radius 3 is 1.59 bits per heavy atom. The predicted octanol–water partition coefficient (Wildman–Crippen LogP) is 24.3. The van der Waals surface area contributed by atoms with Crippen LogP contribution < -0.4 is 0 Å². The van der Waals surface area contributed by atoms with Crippen LogP contribution in [0.15, 0.2) is 279 Å². The summed E-state index contributed by atoms with van der Waals surface area (Å²) in [5.41, 5.74) is 24.1. The number of hydrogen-bond donors (Lipinski definition) is 0. The van der Waals surface area contributed by atoms with E-state index in [9.17, 15) is 0 Å². The third kappa shape index (κ3) is 11.5. The van der Waals surface area contributed by atoms with Gasteiger partial charge in [-0.05, 0) is 187 Å². The molecule has 0 aliphatic heterocycles. The molecule has 1 unspecified atom stereocenters. The zero-order chi connectivity index (χ0) is 70.6. The fourth-order valence-electron chi connectivity index (χ4n) is 17.0. The number of aromatic nitrogens is 8. The van der Waals surface area contributed by atoms with Gasteiger partial charge in [0.25, 0.3) is 0 Å². The highest BCUT2D eigenvalue weighted by atomic mass is 32.1. The van der Waals surface area contributed by atoms with Gasteiger partial charge >= 0.3 is 0 Å². The Morgan fingerprint density at radius 2 is 0.856 bits per heavy atom. The molecule has 2 aliphatic carbocycles. The maximum absolute atomic E-state index is 5.65. The molecule has 0 saturated heterocycles. The third-order valence-corrected chi connectivity index (χ3v) is 23.4. The summed E-state index contributed by atoms with van der Waals surface area (Å²) in [6.07, 6.45) is 3.92. The van der Waals surface area contributed by atoms with Crippen LogP contribution in [0.4, 0.5) is 0 Å². The van der Waals surface area contributed by atoms with Crippen molar-refractivity contribution in [3.63, 3.8) is 0 Å². The summed E-state index contributed by atoms with van der Waals surface area (Å²) in [4.78, 5) is 38.0. The molecular weight excluding hydrogens is 1290 g/mol. The van der Waals surface area contributed by atoms with Crippen molar-refractivity contribution in [3.05, 3.63) is 312 Å². The van der Waals surface area contributed by atoms with Gasteiger partial charge in [0.15, 0.2) is 40.8 Å². The van der Waals surface area contributed by atoms with Crippen LogP contribution >= 0.6 is 11.3 Å². The van der Waals surface area contributed by atoms with Gasteiger partial charge in [0, 0.05) is 53.7 Å². The number of nitrogens with zero attached hydrogens (tertiary/aromatic N) is 8. The molecule has 4 aromatic heterocycles. The van der Waals surface area contributed by atoms with Crippen molar-refractivity contribution in [3.8, 4) is 119 Å². The highest BCUT2D eigenvalue weighted by molar-refractivity contribution is 7.26. The van der Waals surface area contributed by atoms with Gasteiger partial charge in [0.05, 0.1) is 11.0 Å². The molecule has 1 atom stereocenters. The summed E-state index contributed by atoms with van der Waals surface area (Å²) in [5, 5.41) is 2.52. The number of fused-ring (bicyclic) bond motifs is 6. The Balaban J connectivity index is 0.760. The third-order valence-electron chi connectivity index (χ3n) is 22.2. The number of aryl methyl sites for hydroxylation is 1. The minimum Gasteiger partial charge on any atom is -0.290 e. The Morgan fingerprint density at radius 1 is 0.337 bits per heavy atom. The molecule has 0 N–H and O–H groups in total. The van der Waals surface area contributed by atoms with Gasteiger partial charge in [-0.15, -0.1) is 11.3 Å². The van der Waals surface area contributed by atoms with E-state index in [1.165, 1.54) is 64.7 Å². The van der Waals surface area contributed by atoms with Crippen molar-refractivity contribution >= 4 is 42.5 Å². The lowest BCUT2D eigenvalue weighted by Gasteiger charge is -2.44. The first-order valence-electron chi connectivity index (χ1n) is 36.3. The van der Waals surface area contributed by atoms with Gasteiger partial charge < -0.3 is 0 Å². The van der Waals surface area contributed by atoms with Crippen LogP contribution in [0.2, 0.25) is 0 Å². The second-order valence-corrected chi connectivity index (χ2v) is 31.9. The quantitative estimate of drug-likeness (QED) is 0.113. The SMILES string of the molecule is Cc1cc2c(cc1-c1cc(-c3nc(-c4ccccc4)nc(-c4ccc(-c5ccccc5)cc4)n3)cc(-c3cccc4c3sc3ccccc34)c1)C(C)(C)CCC2(C)Cc1ccc2c(c1)nc(-c1nc(-c3ccc4c(c3)C(C)(C)CC4(C)C)nc(-c3ccccc3-c3ccccc3)n1)n2-c1ccccc1. The first-order valence-corrected chi connectivity index (χ1v) is 37.1. The Bertz CT molecular complexity index is 6030. The van der Waals surface area contributed by atoms with E-state index in [4.69, 9.17) is 34.9 Å². The van der Waals surface area contributed by atoms with E-state index in [-0.39, 0.29) is 21.7 Å². The zero-order valence-corrected chi connectivity index (χ0v) is 60.7. The van der Waals surface area contributed by atoms with Crippen molar-refractivity contribution in [2.24, 2.45) is 0 Å². The summed E-state index contributed by atoms with van der Waals surface area (Å²) in [6, 6.07) is 100. The summed E-state index contributed by atoms with van der Waals surface area (Å²) >= 11 is 1.85. The van der Waals surface area contributed by atoms with Crippen LogP contribution in [-0.4, -0.2) is 39.5 Å². The highest BCUT2D eigenvalue weighted by Crippen LogP contribution is 2.53. The van der Waals surface area contributed by atoms with E-state index in [0.717, 1.165) is 104 Å². The fraction of sp³-hybridized carbons (Fsp3) is 0.168. The first-order chi connectivity index (χ1) is 50.5. The minimum absolute atomic E-state index is 0.0217. The Kier molecular flexibility index (Phi) is 15.6. The lowest BCUT2D eigenvalue weighted by atomic mass is 9.60. The van der Waals surface area contributed by atoms with Crippen molar-refractivity contribution in [2.45, 2.75) is 103 Å². The lowest BCUT2D eigenvalue weighted by Crippen LogP contribution is -2.37. The van der Waals surface area contributed by atoms with E-state index in [0.29, 0.717) is 40.8 Å². The van der Waals surface area contributed by atoms with Gasteiger partial charge in [0.2, 0.25) is 0 Å².